The fourth-order valence-corrected chi connectivity index (χ4v) is 5.17. The number of hydrogen-bond acceptors (Lipinski definition) is 2. The largest absolute Gasteiger partial charge is 0.299 e. The lowest BCUT2D eigenvalue weighted by molar-refractivity contribution is -0.162. The molecule has 2 heteroatoms. The summed E-state index contributed by atoms with van der Waals surface area (Å²) in [7, 11) is 0. The quantitative estimate of drug-likeness (QED) is 0.645. The minimum Gasteiger partial charge on any atom is -0.299 e. The molecule has 0 spiro atoms. The van der Waals surface area contributed by atoms with Gasteiger partial charge in [0.15, 0.2) is 0 Å². The topological polar surface area (TPSA) is 34.1 Å². The van der Waals surface area contributed by atoms with Gasteiger partial charge in [-0.25, -0.2) is 0 Å². The Morgan fingerprint density at radius 2 is 1.82 bits per heavy atom. The number of rotatable bonds is 0. The van der Waals surface area contributed by atoms with Gasteiger partial charge in [0.2, 0.25) is 0 Å². The van der Waals surface area contributed by atoms with Gasteiger partial charge in [-0.3, -0.25) is 9.59 Å². The van der Waals surface area contributed by atoms with Crippen molar-refractivity contribution in [3.8, 4) is 0 Å². The Morgan fingerprint density at radius 1 is 1.12 bits per heavy atom. The summed E-state index contributed by atoms with van der Waals surface area (Å²) >= 11 is 0. The second-order valence-electron chi connectivity index (χ2n) is 6.94. The maximum absolute atomic E-state index is 12.3. The summed E-state index contributed by atoms with van der Waals surface area (Å²) in [6.45, 7) is 6.51. The van der Waals surface area contributed by atoms with E-state index in [1.54, 1.807) is 0 Å². The van der Waals surface area contributed by atoms with E-state index in [-0.39, 0.29) is 22.7 Å². The van der Waals surface area contributed by atoms with Crippen molar-refractivity contribution < 1.29 is 9.59 Å². The van der Waals surface area contributed by atoms with Crippen LogP contribution in [0.3, 0.4) is 0 Å². The van der Waals surface area contributed by atoms with Crippen LogP contribution < -0.4 is 0 Å². The van der Waals surface area contributed by atoms with Crippen molar-refractivity contribution in [2.75, 3.05) is 0 Å². The molecule has 2 bridgehead atoms. The third kappa shape index (κ3) is 1.17. The van der Waals surface area contributed by atoms with Gasteiger partial charge in [0.05, 0.1) is 0 Å². The Morgan fingerprint density at radius 3 is 2.53 bits per heavy atom. The van der Waals surface area contributed by atoms with Crippen molar-refractivity contribution in [2.24, 2.45) is 28.6 Å². The molecule has 0 aliphatic heterocycles. The number of carbonyl (C=O) groups is 2. The fourth-order valence-electron chi connectivity index (χ4n) is 5.17. The minimum atomic E-state index is -0.0462. The molecule has 3 aliphatic rings. The summed E-state index contributed by atoms with van der Waals surface area (Å²) in [5.74, 6) is 1.65. The zero-order valence-electron chi connectivity index (χ0n) is 11.1. The van der Waals surface area contributed by atoms with E-state index in [2.05, 4.69) is 20.8 Å². The van der Waals surface area contributed by atoms with Crippen molar-refractivity contribution >= 4 is 11.6 Å². The lowest BCUT2D eigenvalue weighted by Crippen LogP contribution is -2.58. The highest BCUT2D eigenvalue weighted by Crippen LogP contribution is 2.67. The van der Waals surface area contributed by atoms with Crippen LogP contribution in [0.25, 0.3) is 0 Å². The van der Waals surface area contributed by atoms with E-state index >= 15 is 0 Å². The maximum Gasteiger partial charge on any atom is 0.137 e. The third-order valence-corrected chi connectivity index (χ3v) is 6.46. The van der Waals surface area contributed by atoms with E-state index in [1.807, 2.05) is 0 Å². The van der Waals surface area contributed by atoms with E-state index in [0.29, 0.717) is 30.3 Å². The molecular formula is C15H22O2. The van der Waals surface area contributed by atoms with Crippen molar-refractivity contribution in [1.82, 2.24) is 0 Å². The van der Waals surface area contributed by atoms with Gasteiger partial charge in [-0.15, -0.1) is 0 Å². The Balaban J connectivity index is 2.16. The van der Waals surface area contributed by atoms with E-state index in [4.69, 9.17) is 0 Å². The molecule has 3 saturated carbocycles. The van der Waals surface area contributed by atoms with Gasteiger partial charge in [-0.2, -0.15) is 0 Å². The molecule has 3 unspecified atom stereocenters. The Kier molecular flexibility index (Phi) is 2.16. The molecule has 0 N–H and O–H groups in total. The Labute approximate surface area is 103 Å². The average molecular weight is 234 g/mol. The first-order valence-corrected chi connectivity index (χ1v) is 6.97. The van der Waals surface area contributed by atoms with E-state index in [0.717, 1.165) is 12.8 Å². The molecule has 2 nitrogen and oxygen atoms in total. The maximum atomic E-state index is 12.3. The lowest BCUT2D eigenvalue weighted by Gasteiger charge is -2.58. The van der Waals surface area contributed by atoms with Crippen molar-refractivity contribution in [3.63, 3.8) is 0 Å². The van der Waals surface area contributed by atoms with Gasteiger partial charge in [0, 0.05) is 24.7 Å². The van der Waals surface area contributed by atoms with Crippen LogP contribution in [-0.4, -0.2) is 11.6 Å². The molecular weight excluding hydrogens is 212 g/mol. The van der Waals surface area contributed by atoms with Gasteiger partial charge in [0.25, 0.3) is 0 Å². The van der Waals surface area contributed by atoms with E-state index < -0.39 is 0 Å². The summed E-state index contributed by atoms with van der Waals surface area (Å²) < 4.78 is 0. The summed E-state index contributed by atoms with van der Waals surface area (Å²) in [4.78, 5) is 24.6. The SMILES string of the molecule is CC1C(=O)C[C@]2(C)C(C)CCC13CCC(=O)[C@@H]32. The van der Waals surface area contributed by atoms with Gasteiger partial charge in [-0.05, 0) is 36.0 Å². The van der Waals surface area contributed by atoms with Crippen LogP contribution in [0.1, 0.15) is 52.9 Å². The molecule has 5 atom stereocenters. The predicted molar refractivity (Wildman–Crippen MR) is 65.5 cm³/mol. The third-order valence-electron chi connectivity index (χ3n) is 6.46. The van der Waals surface area contributed by atoms with Crippen LogP contribution >= 0.6 is 0 Å². The zero-order valence-corrected chi connectivity index (χ0v) is 11.1. The first-order valence-electron chi connectivity index (χ1n) is 6.97. The lowest BCUT2D eigenvalue weighted by atomic mass is 9.44. The van der Waals surface area contributed by atoms with Crippen LogP contribution in [0.5, 0.6) is 0 Å². The Bertz CT molecular complexity index is 398. The summed E-state index contributed by atoms with van der Waals surface area (Å²) in [6.07, 6.45) is 4.59. The highest BCUT2D eigenvalue weighted by atomic mass is 16.1. The molecule has 3 fully saturated rings. The molecule has 0 radical (unpaired) electrons. The van der Waals surface area contributed by atoms with Gasteiger partial charge in [-0.1, -0.05) is 20.8 Å². The fraction of sp³-hybridized carbons (Fsp3) is 0.867. The number of hydrogen-bond donors (Lipinski definition) is 0. The van der Waals surface area contributed by atoms with Crippen LogP contribution in [0, 0.1) is 28.6 Å². The molecule has 0 amide bonds. The van der Waals surface area contributed by atoms with Crippen molar-refractivity contribution in [1.29, 1.82) is 0 Å². The molecule has 94 valence electrons. The smallest absolute Gasteiger partial charge is 0.137 e. The molecule has 3 rings (SSSR count). The molecule has 0 saturated heterocycles. The molecule has 0 aromatic heterocycles. The standard InChI is InChI=1S/C15H22O2/c1-9-4-6-15-7-5-11(16)13(15)14(9,3)8-12(17)10(15)2/h9-10,13H,4-8H2,1-3H3/t9?,10?,13-,14-,15?/m1/s1. The number of ketones is 2. The summed E-state index contributed by atoms with van der Waals surface area (Å²) in [6, 6.07) is 0. The number of carbonyl (C=O) groups excluding carboxylic acids is 2. The summed E-state index contributed by atoms with van der Waals surface area (Å²) in [5, 5.41) is 0. The van der Waals surface area contributed by atoms with E-state index in [9.17, 15) is 9.59 Å². The summed E-state index contributed by atoms with van der Waals surface area (Å²) in [5.41, 5.74) is -0.0108. The second kappa shape index (κ2) is 3.21. The highest BCUT2D eigenvalue weighted by molar-refractivity contribution is 5.92. The number of Topliss-reactive ketones (excluding diaryl/α,β-unsaturated/α-hetero) is 2. The molecule has 0 aromatic rings. The van der Waals surface area contributed by atoms with Gasteiger partial charge < -0.3 is 0 Å². The monoisotopic (exact) mass is 234 g/mol. The molecule has 0 aromatic carbocycles. The highest BCUT2D eigenvalue weighted by Gasteiger charge is 2.66. The van der Waals surface area contributed by atoms with Crippen LogP contribution in [0.2, 0.25) is 0 Å². The van der Waals surface area contributed by atoms with Crippen LogP contribution in [-0.2, 0) is 9.59 Å². The van der Waals surface area contributed by atoms with Gasteiger partial charge >= 0.3 is 0 Å². The first kappa shape index (κ1) is 11.4. The van der Waals surface area contributed by atoms with Crippen LogP contribution in [0.4, 0.5) is 0 Å². The first-order chi connectivity index (χ1) is 7.92. The molecule has 3 aliphatic carbocycles. The Hall–Kier alpha value is -0.660. The molecule has 17 heavy (non-hydrogen) atoms. The molecule has 0 heterocycles. The normalized spacial score (nSPS) is 53.7. The zero-order chi connectivity index (χ0) is 12.4. The minimum absolute atomic E-state index is 0.0354. The van der Waals surface area contributed by atoms with E-state index in [1.165, 1.54) is 6.42 Å². The van der Waals surface area contributed by atoms with Crippen molar-refractivity contribution in [3.05, 3.63) is 0 Å². The predicted octanol–water partition coefficient (Wildman–Crippen LogP) is 3.00. The van der Waals surface area contributed by atoms with Crippen molar-refractivity contribution in [2.45, 2.75) is 52.9 Å². The second-order valence-corrected chi connectivity index (χ2v) is 6.94. The average Bonchev–Trinajstić information content (AvgIpc) is 2.63. The van der Waals surface area contributed by atoms with Crippen LogP contribution in [0.15, 0.2) is 0 Å². The van der Waals surface area contributed by atoms with Gasteiger partial charge in [0.1, 0.15) is 11.6 Å².